The van der Waals surface area contributed by atoms with Gasteiger partial charge in [0.2, 0.25) is 0 Å². The van der Waals surface area contributed by atoms with Gasteiger partial charge in [-0.3, -0.25) is 0 Å². The Kier molecular flexibility index (Phi) is 5.27. The maximum Gasteiger partial charge on any atom is 0.434 e. The first kappa shape index (κ1) is 14.8. The van der Waals surface area contributed by atoms with Crippen molar-refractivity contribution < 1.29 is 13.2 Å². The van der Waals surface area contributed by atoms with Crippen LogP contribution in [0.4, 0.5) is 13.2 Å². The summed E-state index contributed by atoms with van der Waals surface area (Å²) in [6, 6.07) is 0.155. The quantitative estimate of drug-likeness (QED) is 0.895. The van der Waals surface area contributed by atoms with Gasteiger partial charge in [0.15, 0.2) is 5.69 Å². The van der Waals surface area contributed by atoms with Gasteiger partial charge in [-0.1, -0.05) is 13.8 Å². The van der Waals surface area contributed by atoms with Gasteiger partial charge in [0, 0.05) is 18.3 Å². The van der Waals surface area contributed by atoms with Gasteiger partial charge in [-0.15, -0.1) is 11.3 Å². The average molecular weight is 284 g/mol. The van der Waals surface area contributed by atoms with Crippen LogP contribution < -0.4 is 5.32 Å². The Bertz CT molecular complexity index is 361. The molecule has 0 fully saturated rings. The molecular formula is C10H15F3N2S2. The Morgan fingerprint density at radius 1 is 1.41 bits per heavy atom. The summed E-state index contributed by atoms with van der Waals surface area (Å²) < 4.78 is 38.2. The van der Waals surface area contributed by atoms with Crippen molar-refractivity contribution in [3.63, 3.8) is 0 Å². The van der Waals surface area contributed by atoms with Crippen LogP contribution in [0.15, 0.2) is 0 Å². The summed E-state index contributed by atoms with van der Waals surface area (Å²) in [5, 5.41) is 3.53. The van der Waals surface area contributed by atoms with Crippen LogP contribution >= 0.6 is 23.1 Å². The van der Waals surface area contributed by atoms with Crippen LogP contribution in [0.1, 0.15) is 29.4 Å². The third kappa shape index (κ3) is 4.48. The Hall–Kier alpha value is -0.270. The number of thiazole rings is 1. The fourth-order valence-electron chi connectivity index (χ4n) is 1.22. The minimum Gasteiger partial charge on any atom is -0.310 e. The second-order valence-electron chi connectivity index (χ2n) is 3.85. The first-order chi connectivity index (χ1) is 7.84. The molecule has 17 heavy (non-hydrogen) atoms. The average Bonchev–Trinajstić information content (AvgIpc) is 2.58. The summed E-state index contributed by atoms with van der Waals surface area (Å²) in [4.78, 5) is 3.96. The predicted octanol–water partition coefficient (Wildman–Crippen LogP) is 3.52. The van der Waals surface area contributed by atoms with Crippen molar-refractivity contribution >= 4 is 23.1 Å². The monoisotopic (exact) mass is 284 g/mol. The first-order valence-corrected chi connectivity index (χ1v) is 7.33. The SMILES string of the molecule is CSCc1nc(C(F)(F)F)c(CNC(C)C)s1. The van der Waals surface area contributed by atoms with Crippen molar-refractivity contribution in [1.82, 2.24) is 10.3 Å². The second kappa shape index (κ2) is 6.06. The van der Waals surface area contributed by atoms with Crippen molar-refractivity contribution in [3.8, 4) is 0 Å². The smallest absolute Gasteiger partial charge is 0.310 e. The van der Waals surface area contributed by atoms with Crippen molar-refractivity contribution in [2.24, 2.45) is 0 Å². The molecule has 0 radical (unpaired) electrons. The molecule has 0 atom stereocenters. The lowest BCUT2D eigenvalue weighted by Crippen LogP contribution is -2.23. The van der Waals surface area contributed by atoms with Crippen LogP contribution in [0.3, 0.4) is 0 Å². The highest BCUT2D eigenvalue weighted by molar-refractivity contribution is 7.97. The van der Waals surface area contributed by atoms with Crippen LogP contribution in [0.5, 0.6) is 0 Å². The van der Waals surface area contributed by atoms with Crippen molar-refractivity contribution in [1.29, 1.82) is 0 Å². The van der Waals surface area contributed by atoms with E-state index >= 15 is 0 Å². The molecule has 0 aromatic carbocycles. The molecule has 0 aliphatic rings. The highest BCUT2D eigenvalue weighted by Gasteiger charge is 2.37. The molecule has 0 bridgehead atoms. The van der Waals surface area contributed by atoms with Gasteiger partial charge in [-0.2, -0.15) is 24.9 Å². The zero-order valence-electron chi connectivity index (χ0n) is 9.89. The van der Waals surface area contributed by atoms with Crippen LogP contribution in [-0.2, 0) is 18.5 Å². The van der Waals surface area contributed by atoms with Crippen LogP contribution in [0, 0.1) is 0 Å². The van der Waals surface area contributed by atoms with Gasteiger partial charge < -0.3 is 5.32 Å². The van der Waals surface area contributed by atoms with Crippen LogP contribution in [0.25, 0.3) is 0 Å². The second-order valence-corrected chi connectivity index (χ2v) is 5.88. The zero-order chi connectivity index (χ0) is 13.1. The number of nitrogens with one attached hydrogen (secondary N) is 1. The molecule has 1 N–H and O–H groups in total. The number of aromatic nitrogens is 1. The Morgan fingerprint density at radius 3 is 2.53 bits per heavy atom. The van der Waals surface area contributed by atoms with Crippen molar-refractivity contribution in [2.45, 2.75) is 38.4 Å². The van der Waals surface area contributed by atoms with E-state index in [4.69, 9.17) is 0 Å². The molecule has 1 aromatic heterocycles. The van der Waals surface area contributed by atoms with E-state index < -0.39 is 11.9 Å². The molecule has 2 nitrogen and oxygen atoms in total. The van der Waals surface area contributed by atoms with Gasteiger partial charge in [0.25, 0.3) is 0 Å². The maximum absolute atomic E-state index is 12.7. The normalized spacial score (nSPS) is 12.4. The fraction of sp³-hybridized carbons (Fsp3) is 0.700. The molecule has 1 aromatic rings. The van der Waals surface area contributed by atoms with Crippen LogP contribution in [-0.4, -0.2) is 17.3 Å². The van der Waals surface area contributed by atoms with E-state index in [1.807, 2.05) is 20.1 Å². The van der Waals surface area contributed by atoms with Gasteiger partial charge in [0.1, 0.15) is 5.01 Å². The van der Waals surface area contributed by atoms with E-state index in [1.54, 1.807) is 0 Å². The van der Waals surface area contributed by atoms with E-state index in [-0.39, 0.29) is 17.5 Å². The van der Waals surface area contributed by atoms with Gasteiger partial charge in [-0.05, 0) is 6.26 Å². The molecule has 0 amide bonds. The first-order valence-electron chi connectivity index (χ1n) is 5.12. The Balaban J connectivity index is 2.91. The fourth-order valence-corrected chi connectivity index (χ4v) is 2.96. The largest absolute Gasteiger partial charge is 0.434 e. The number of halogens is 3. The number of hydrogen-bond acceptors (Lipinski definition) is 4. The predicted molar refractivity (Wildman–Crippen MR) is 66.3 cm³/mol. The lowest BCUT2D eigenvalue weighted by Gasteiger charge is -2.09. The molecule has 1 heterocycles. The lowest BCUT2D eigenvalue weighted by atomic mass is 10.3. The van der Waals surface area contributed by atoms with Gasteiger partial charge in [-0.25, -0.2) is 4.98 Å². The van der Waals surface area contributed by atoms with E-state index in [2.05, 4.69) is 10.3 Å². The molecule has 98 valence electrons. The third-order valence-corrected chi connectivity index (χ3v) is 3.75. The summed E-state index contributed by atoms with van der Waals surface area (Å²) >= 11 is 2.61. The summed E-state index contributed by atoms with van der Waals surface area (Å²) in [5.41, 5.74) is -0.736. The van der Waals surface area contributed by atoms with E-state index in [0.29, 0.717) is 10.8 Å². The molecule has 0 unspecified atom stereocenters. The Labute approximate surface area is 107 Å². The highest BCUT2D eigenvalue weighted by Crippen LogP contribution is 2.35. The molecular weight excluding hydrogens is 269 g/mol. The topological polar surface area (TPSA) is 24.9 Å². The molecule has 7 heteroatoms. The summed E-state index contributed by atoms with van der Waals surface area (Å²) in [7, 11) is 0. The van der Waals surface area contributed by atoms with Gasteiger partial charge in [0.05, 0.1) is 4.88 Å². The summed E-state index contributed by atoms with van der Waals surface area (Å²) in [6.07, 6.45) is -2.51. The molecule has 0 aliphatic heterocycles. The Morgan fingerprint density at radius 2 is 2.06 bits per heavy atom. The molecule has 0 aliphatic carbocycles. The van der Waals surface area contributed by atoms with E-state index in [1.165, 1.54) is 11.8 Å². The summed E-state index contributed by atoms with van der Waals surface area (Å²) in [5.74, 6) is 0.523. The lowest BCUT2D eigenvalue weighted by molar-refractivity contribution is -0.141. The molecule has 0 spiro atoms. The van der Waals surface area contributed by atoms with Crippen molar-refractivity contribution in [2.75, 3.05) is 6.26 Å². The number of hydrogen-bond donors (Lipinski definition) is 1. The number of alkyl halides is 3. The molecule has 0 saturated heterocycles. The number of nitrogens with zero attached hydrogens (tertiary/aromatic N) is 1. The molecule has 1 rings (SSSR count). The van der Waals surface area contributed by atoms with Crippen LogP contribution in [0.2, 0.25) is 0 Å². The third-order valence-electron chi connectivity index (χ3n) is 1.95. The number of thioether (sulfide) groups is 1. The van der Waals surface area contributed by atoms with Crippen molar-refractivity contribution in [3.05, 3.63) is 15.6 Å². The highest BCUT2D eigenvalue weighted by atomic mass is 32.2. The minimum absolute atomic E-state index is 0.155. The molecule has 0 saturated carbocycles. The maximum atomic E-state index is 12.7. The minimum atomic E-state index is -4.36. The van der Waals surface area contributed by atoms with E-state index in [9.17, 15) is 13.2 Å². The number of rotatable bonds is 5. The standard InChI is InChI=1S/C10H15F3N2S2/c1-6(2)14-4-7-9(10(11,12)13)15-8(17-7)5-16-3/h6,14H,4-5H2,1-3H3. The zero-order valence-corrected chi connectivity index (χ0v) is 11.5. The van der Waals surface area contributed by atoms with Gasteiger partial charge >= 0.3 is 6.18 Å². The van der Waals surface area contributed by atoms with E-state index in [0.717, 1.165) is 11.3 Å². The summed E-state index contributed by atoms with van der Waals surface area (Å²) in [6.45, 7) is 4.02.